The summed E-state index contributed by atoms with van der Waals surface area (Å²) < 4.78 is 0. The van der Waals surface area contributed by atoms with Gasteiger partial charge in [0.15, 0.2) is 0 Å². The highest BCUT2D eigenvalue weighted by atomic mass is 35.5. The van der Waals surface area contributed by atoms with Gasteiger partial charge < -0.3 is 20.2 Å². The Morgan fingerprint density at radius 1 is 0.951 bits per heavy atom. The van der Waals surface area contributed by atoms with Gasteiger partial charge in [-0.15, -0.1) is 12.4 Å². The number of unbranched alkanes of at least 4 members (excludes halogenated alkanes) is 1. The van der Waals surface area contributed by atoms with Gasteiger partial charge in [-0.3, -0.25) is 9.59 Å². The van der Waals surface area contributed by atoms with E-state index in [2.05, 4.69) is 77.8 Å². The highest BCUT2D eigenvalue weighted by Gasteiger charge is 2.55. The zero-order valence-corrected chi connectivity index (χ0v) is 25.4. The van der Waals surface area contributed by atoms with E-state index in [0.717, 1.165) is 64.6 Å². The highest BCUT2D eigenvalue weighted by molar-refractivity contribution is 6.00. The first-order valence-electron chi connectivity index (χ1n) is 15.6. The molecule has 5 rings (SSSR count). The molecule has 2 aliphatic heterocycles. The van der Waals surface area contributed by atoms with Crippen molar-refractivity contribution in [2.24, 2.45) is 5.92 Å². The predicted octanol–water partition coefficient (Wildman–Crippen LogP) is 5.34. The number of piperidine rings is 1. The van der Waals surface area contributed by atoms with Crippen LogP contribution in [0.2, 0.25) is 0 Å². The number of nitrogens with one attached hydrogen (secondary N) is 1. The van der Waals surface area contributed by atoms with E-state index in [-0.39, 0.29) is 30.1 Å². The zero-order valence-electron chi connectivity index (χ0n) is 24.5. The standard InChI is InChI=1S/C34H47N3O3.ClH/c1-2-3-21-37-32(39)30(31(38)28-17-11-6-12-18-28)35-33(40)34(37)19-22-36(23-20-34)25-29(27-15-9-5-10-16-27)24-26-13-7-4-8-14-26;/h4-5,7-10,13-16,28-31,38H,2-3,6,11-12,17-25H2,1H3,(H,35,40);1H/t29?,30-,31-;/m1./s1. The van der Waals surface area contributed by atoms with Crippen molar-refractivity contribution in [1.82, 2.24) is 15.1 Å². The van der Waals surface area contributed by atoms with Gasteiger partial charge in [-0.2, -0.15) is 0 Å². The third-order valence-electron chi connectivity index (χ3n) is 9.73. The van der Waals surface area contributed by atoms with Crippen LogP contribution in [0, 0.1) is 5.92 Å². The molecule has 1 aliphatic carbocycles. The summed E-state index contributed by atoms with van der Waals surface area (Å²) in [5.74, 6) is 0.301. The maximum atomic E-state index is 13.9. The number of carbonyl (C=O) groups is 2. The molecule has 3 atom stereocenters. The SMILES string of the molecule is CCCCN1C(=O)[C@@H]([C@H](O)C2CCCCC2)NC(=O)C12CCN(CC(Cc1ccccc1)c1ccccc1)CC2.Cl. The van der Waals surface area contributed by atoms with Crippen LogP contribution in [-0.2, 0) is 16.0 Å². The van der Waals surface area contributed by atoms with Crippen molar-refractivity contribution >= 4 is 24.2 Å². The van der Waals surface area contributed by atoms with E-state index in [9.17, 15) is 14.7 Å². The van der Waals surface area contributed by atoms with Crippen LogP contribution in [0.1, 0.15) is 81.8 Å². The second-order valence-electron chi connectivity index (χ2n) is 12.3. The number of aliphatic hydroxyl groups is 1. The van der Waals surface area contributed by atoms with Gasteiger partial charge in [0.25, 0.3) is 0 Å². The number of likely N-dealkylation sites (tertiary alicyclic amines) is 1. The Hall–Kier alpha value is -2.41. The highest BCUT2D eigenvalue weighted by Crippen LogP contribution is 2.37. The van der Waals surface area contributed by atoms with Gasteiger partial charge >= 0.3 is 0 Å². The molecule has 0 bridgehead atoms. The number of hydrogen-bond donors (Lipinski definition) is 2. The fourth-order valence-electron chi connectivity index (χ4n) is 7.28. The largest absolute Gasteiger partial charge is 0.390 e. The molecule has 0 radical (unpaired) electrons. The molecular weight excluding hydrogens is 534 g/mol. The summed E-state index contributed by atoms with van der Waals surface area (Å²) in [5.41, 5.74) is 1.85. The number of piperazine rings is 1. The third-order valence-corrected chi connectivity index (χ3v) is 9.73. The normalized spacial score (nSPS) is 23.1. The third kappa shape index (κ3) is 7.15. The van der Waals surface area contributed by atoms with E-state index in [1.54, 1.807) is 0 Å². The summed E-state index contributed by atoms with van der Waals surface area (Å²) in [6.45, 7) is 5.17. The minimum atomic E-state index is -0.815. The quantitative estimate of drug-likeness (QED) is 0.397. The Bertz CT molecular complexity index is 1100. The monoisotopic (exact) mass is 581 g/mol. The van der Waals surface area contributed by atoms with Gasteiger partial charge in [-0.1, -0.05) is 93.3 Å². The average molecular weight is 582 g/mol. The van der Waals surface area contributed by atoms with Crippen molar-refractivity contribution in [2.45, 2.75) is 94.7 Å². The first kappa shape index (κ1) is 31.5. The van der Waals surface area contributed by atoms with Gasteiger partial charge in [0.2, 0.25) is 11.8 Å². The Balaban J connectivity index is 0.00000387. The maximum absolute atomic E-state index is 13.9. The topological polar surface area (TPSA) is 72.9 Å². The molecule has 2 amide bonds. The van der Waals surface area contributed by atoms with Crippen LogP contribution in [0.25, 0.3) is 0 Å². The molecule has 3 fully saturated rings. The molecule has 3 aliphatic rings. The number of amides is 2. The van der Waals surface area contributed by atoms with Crippen molar-refractivity contribution in [2.75, 3.05) is 26.2 Å². The van der Waals surface area contributed by atoms with Crippen LogP contribution in [0.3, 0.4) is 0 Å². The van der Waals surface area contributed by atoms with E-state index >= 15 is 0 Å². The van der Waals surface area contributed by atoms with Crippen LogP contribution in [-0.4, -0.2) is 70.6 Å². The number of rotatable bonds is 10. The molecule has 2 aromatic rings. The van der Waals surface area contributed by atoms with Crippen LogP contribution in [0.4, 0.5) is 0 Å². The maximum Gasteiger partial charge on any atom is 0.248 e. The van der Waals surface area contributed by atoms with Crippen molar-refractivity contribution in [3.63, 3.8) is 0 Å². The number of hydrogen-bond acceptors (Lipinski definition) is 4. The van der Waals surface area contributed by atoms with Gasteiger partial charge in [-0.25, -0.2) is 0 Å². The van der Waals surface area contributed by atoms with E-state index in [4.69, 9.17) is 0 Å². The summed E-state index contributed by atoms with van der Waals surface area (Å²) in [6, 6.07) is 20.6. The Kier molecular flexibility index (Phi) is 11.3. The van der Waals surface area contributed by atoms with Crippen molar-refractivity contribution in [3.05, 3.63) is 71.8 Å². The van der Waals surface area contributed by atoms with Gasteiger partial charge in [-0.05, 0) is 55.6 Å². The molecular formula is C34H48ClN3O3. The van der Waals surface area contributed by atoms with Crippen molar-refractivity contribution in [1.29, 1.82) is 0 Å². The van der Waals surface area contributed by atoms with E-state index < -0.39 is 17.7 Å². The number of nitrogens with zero attached hydrogens (tertiary/aromatic N) is 2. The lowest BCUT2D eigenvalue weighted by Crippen LogP contribution is -2.75. The second-order valence-corrected chi connectivity index (χ2v) is 12.3. The van der Waals surface area contributed by atoms with Crippen molar-refractivity contribution < 1.29 is 14.7 Å². The van der Waals surface area contributed by atoms with E-state index in [1.165, 1.54) is 17.5 Å². The fraction of sp³-hybridized carbons (Fsp3) is 0.588. The molecule has 7 heteroatoms. The molecule has 41 heavy (non-hydrogen) atoms. The second kappa shape index (κ2) is 14.7. The molecule has 6 nitrogen and oxygen atoms in total. The first-order valence-corrected chi connectivity index (χ1v) is 15.6. The Labute approximate surface area is 252 Å². The van der Waals surface area contributed by atoms with Gasteiger partial charge in [0, 0.05) is 32.1 Å². The summed E-state index contributed by atoms with van der Waals surface area (Å²) in [7, 11) is 0. The lowest BCUT2D eigenvalue weighted by Gasteiger charge is -2.53. The lowest BCUT2D eigenvalue weighted by atomic mass is 9.77. The van der Waals surface area contributed by atoms with E-state index in [0.29, 0.717) is 25.3 Å². The summed E-state index contributed by atoms with van der Waals surface area (Å²) in [6.07, 6.45) is 8.48. The van der Waals surface area contributed by atoms with Crippen LogP contribution in [0.15, 0.2) is 60.7 Å². The first-order chi connectivity index (χ1) is 19.5. The molecule has 224 valence electrons. The van der Waals surface area contributed by atoms with Gasteiger partial charge in [0.05, 0.1) is 6.10 Å². The molecule has 1 saturated carbocycles. The summed E-state index contributed by atoms with van der Waals surface area (Å²) >= 11 is 0. The fourth-order valence-corrected chi connectivity index (χ4v) is 7.28. The van der Waals surface area contributed by atoms with Crippen LogP contribution in [0.5, 0.6) is 0 Å². The number of carbonyl (C=O) groups excluding carboxylic acids is 2. The molecule has 1 unspecified atom stereocenters. The Morgan fingerprint density at radius 2 is 1.59 bits per heavy atom. The van der Waals surface area contributed by atoms with E-state index in [1.807, 2.05) is 4.90 Å². The molecule has 0 aromatic heterocycles. The Morgan fingerprint density at radius 3 is 2.22 bits per heavy atom. The minimum Gasteiger partial charge on any atom is -0.390 e. The molecule has 2 saturated heterocycles. The lowest BCUT2D eigenvalue weighted by molar-refractivity contribution is -0.166. The molecule has 2 heterocycles. The molecule has 2 N–H and O–H groups in total. The molecule has 2 aromatic carbocycles. The van der Waals surface area contributed by atoms with Crippen LogP contribution < -0.4 is 5.32 Å². The van der Waals surface area contributed by atoms with Crippen LogP contribution >= 0.6 is 12.4 Å². The number of aliphatic hydroxyl groups excluding tert-OH is 1. The smallest absolute Gasteiger partial charge is 0.248 e. The summed E-state index contributed by atoms with van der Waals surface area (Å²) in [4.78, 5) is 32.1. The van der Waals surface area contributed by atoms with Gasteiger partial charge in [0.1, 0.15) is 11.6 Å². The average Bonchev–Trinajstić information content (AvgIpc) is 3.00. The zero-order chi connectivity index (χ0) is 28.0. The minimum absolute atomic E-state index is 0. The van der Waals surface area contributed by atoms with Crippen molar-refractivity contribution in [3.8, 4) is 0 Å². The number of halogens is 1. The molecule has 1 spiro atoms. The number of benzene rings is 2. The summed E-state index contributed by atoms with van der Waals surface area (Å²) in [5, 5.41) is 14.3. The predicted molar refractivity (Wildman–Crippen MR) is 166 cm³/mol.